The van der Waals surface area contributed by atoms with E-state index in [1.54, 1.807) is 0 Å². The van der Waals surface area contributed by atoms with Crippen LogP contribution in [0.15, 0.2) is 18.2 Å². The Morgan fingerprint density at radius 2 is 2.14 bits per heavy atom. The molecule has 0 aliphatic carbocycles. The third-order valence-electron chi connectivity index (χ3n) is 3.72. The monoisotopic (exact) mass is 295 g/mol. The number of nitrogens with zero attached hydrogens (tertiary/aromatic N) is 1. The Kier molecular flexibility index (Phi) is 5.52. The molecule has 4 N–H and O–H groups in total. The number of likely N-dealkylation sites (tertiary alicyclic amines) is 1. The first kappa shape index (κ1) is 15.7. The van der Waals surface area contributed by atoms with Gasteiger partial charge in [0.25, 0.3) is 0 Å². The third-order valence-corrected chi connectivity index (χ3v) is 3.72. The number of aliphatic hydroxyl groups excluding tert-OH is 1. The van der Waals surface area contributed by atoms with E-state index in [0.29, 0.717) is 12.1 Å². The molecule has 2 rings (SSSR count). The molecule has 116 valence electrons. The highest BCUT2D eigenvalue weighted by Crippen LogP contribution is 2.19. The van der Waals surface area contributed by atoms with Crippen molar-refractivity contribution in [3.63, 3.8) is 0 Å². The van der Waals surface area contributed by atoms with E-state index in [-0.39, 0.29) is 17.7 Å². The number of piperidine rings is 1. The smallest absolute Gasteiger partial charge is 0.224 e. The zero-order valence-electron chi connectivity index (χ0n) is 12.0. The van der Waals surface area contributed by atoms with Crippen molar-refractivity contribution in [2.45, 2.75) is 31.8 Å². The molecule has 0 radical (unpaired) electrons. The van der Waals surface area contributed by atoms with Crippen LogP contribution in [-0.4, -0.2) is 41.7 Å². The first-order valence-corrected chi connectivity index (χ1v) is 7.30. The van der Waals surface area contributed by atoms with Gasteiger partial charge in [0.1, 0.15) is 5.82 Å². The van der Waals surface area contributed by atoms with Crippen LogP contribution in [0, 0.1) is 5.82 Å². The van der Waals surface area contributed by atoms with Crippen molar-refractivity contribution in [2.75, 3.05) is 30.7 Å². The Hall–Kier alpha value is -1.66. The number of halogens is 1. The second-order valence-electron chi connectivity index (χ2n) is 5.46. The number of nitrogens with one attached hydrogen (secondary N) is 1. The molecule has 0 aromatic heterocycles. The molecule has 1 aromatic carbocycles. The Morgan fingerprint density at radius 3 is 2.81 bits per heavy atom. The first-order valence-electron chi connectivity index (χ1n) is 7.30. The summed E-state index contributed by atoms with van der Waals surface area (Å²) in [6, 6.07) is 3.92. The van der Waals surface area contributed by atoms with Crippen molar-refractivity contribution >= 4 is 17.3 Å². The van der Waals surface area contributed by atoms with E-state index in [1.165, 1.54) is 18.2 Å². The van der Waals surface area contributed by atoms with Gasteiger partial charge < -0.3 is 21.1 Å². The van der Waals surface area contributed by atoms with Gasteiger partial charge in [-0.05, 0) is 44.0 Å². The van der Waals surface area contributed by atoms with Crippen molar-refractivity contribution in [1.82, 2.24) is 4.90 Å². The number of nitrogens with two attached hydrogens (primary N) is 1. The average molecular weight is 295 g/mol. The maximum atomic E-state index is 12.9. The van der Waals surface area contributed by atoms with E-state index in [0.717, 1.165) is 38.9 Å². The normalized spacial score (nSPS) is 16.9. The highest BCUT2D eigenvalue weighted by atomic mass is 19.1. The maximum absolute atomic E-state index is 12.9. The number of hydrogen-bond donors (Lipinski definition) is 3. The zero-order chi connectivity index (χ0) is 15.2. The van der Waals surface area contributed by atoms with Gasteiger partial charge in [0.2, 0.25) is 5.91 Å². The molecular formula is C15H22FN3O2. The van der Waals surface area contributed by atoms with Crippen LogP contribution < -0.4 is 11.1 Å². The van der Waals surface area contributed by atoms with Crippen molar-refractivity contribution in [1.29, 1.82) is 0 Å². The van der Waals surface area contributed by atoms with Crippen LogP contribution in [0.4, 0.5) is 15.8 Å². The number of carbonyl (C=O) groups excluding carboxylic acids is 1. The number of aliphatic hydroxyl groups is 1. The summed E-state index contributed by atoms with van der Waals surface area (Å²) in [5.41, 5.74) is 6.32. The van der Waals surface area contributed by atoms with E-state index in [9.17, 15) is 14.3 Å². The summed E-state index contributed by atoms with van der Waals surface area (Å²) in [5, 5.41) is 12.1. The molecule has 21 heavy (non-hydrogen) atoms. The van der Waals surface area contributed by atoms with Gasteiger partial charge >= 0.3 is 0 Å². The van der Waals surface area contributed by atoms with E-state index in [2.05, 4.69) is 10.2 Å². The van der Waals surface area contributed by atoms with Crippen LogP contribution in [0.1, 0.15) is 25.7 Å². The van der Waals surface area contributed by atoms with Crippen molar-refractivity contribution in [3.8, 4) is 0 Å². The van der Waals surface area contributed by atoms with E-state index >= 15 is 0 Å². The van der Waals surface area contributed by atoms with E-state index in [4.69, 9.17) is 5.73 Å². The molecule has 0 atom stereocenters. The van der Waals surface area contributed by atoms with Crippen molar-refractivity contribution in [2.24, 2.45) is 0 Å². The molecule has 1 fully saturated rings. The van der Waals surface area contributed by atoms with Gasteiger partial charge in [0.15, 0.2) is 0 Å². The number of nitrogen functional groups attached to an aromatic ring is 1. The first-order chi connectivity index (χ1) is 10.0. The molecule has 1 heterocycles. The average Bonchev–Trinajstić information content (AvgIpc) is 2.44. The molecule has 0 saturated carbocycles. The molecule has 1 aliphatic rings. The number of anilines is 2. The lowest BCUT2D eigenvalue weighted by atomic mass is 10.1. The minimum Gasteiger partial charge on any atom is -0.397 e. The Labute approximate surface area is 123 Å². The molecule has 1 aliphatic heterocycles. The summed E-state index contributed by atoms with van der Waals surface area (Å²) < 4.78 is 12.9. The number of rotatable bonds is 5. The van der Waals surface area contributed by atoms with Gasteiger partial charge in [-0.2, -0.15) is 0 Å². The topological polar surface area (TPSA) is 78.6 Å². The Morgan fingerprint density at radius 1 is 1.43 bits per heavy atom. The Bertz CT molecular complexity index is 488. The lowest BCUT2D eigenvalue weighted by Gasteiger charge is -2.29. The molecule has 0 unspecified atom stereocenters. The fraction of sp³-hybridized carbons (Fsp3) is 0.533. The summed E-state index contributed by atoms with van der Waals surface area (Å²) in [7, 11) is 0. The molecular weight excluding hydrogens is 273 g/mol. The minimum atomic E-state index is -0.419. The summed E-state index contributed by atoms with van der Waals surface area (Å²) >= 11 is 0. The van der Waals surface area contributed by atoms with Crippen LogP contribution in [0.2, 0.25) is 0 Å². The highest BCUT2D eigenvalue weighted by Gasteiger charge is 2.16. The molecule has 0 spiro atoms. The van der Waals surface area contributed by atoms with Crippen LogP contribution in [0.25, 0.3) is 0 Å². The van der Waals surface area contributed by atoms with Crippen molar-refractivity contribution < 1.29 is 14.3 Å². The number of carbonyl (C=O) groups is 1. The third kappa shape index (κ3) is 4.99. The molecule has 0 bridgehead atoms. The molecule has 1 amide bonds. The standard InChI is InChI=1S/C15H22FN3O2/c16-11-3-4-14(13(17)10-11)18-15(21)2-1-7-19-8-5-12(20)6-9-19/h3-4,10,12,20H,1-2,5-9,17H2,(H,18,21). The molecule has 5 nitrogen and oxygen atoms in total. The van der Waals surface area contributed by atoms with Crippen LogP contribution in [0.3, 0.4) is 0 Å². The SMILES string of the molecule is Nc1cc(F)ccc1NC(=O)CCCN1CCC(O)CC1. The molecule has 1 aromatic rings. The Balaban J connectivity index is 1.70. The summed E-state index contributed by atoms with van der Waals surface area (Å²) in [4.78, 5) is 14.1. The van der Waals surface area contributed by atoms with Crippen LogP contribution >= 0.6 is 0 Å². The van der Waals surface area contributed by atoms with Gasteiger partial charge in [-0.15, -0.1) is 0 Å². The quantitative estimate of drug-likeness (QED) is 0.721. The van der Waals surface area contributed by atoms with Crippen molar-refractivity contribution in [3.05, 3.63) is 24.0 Å². The van der Waals surface area contributed by atoms with E-state index in [1.807, 2.05) is 0 Å². The summed E-state index contributed by atoms with van der Waals surface area (Å²) in [6.07, 6.45) is 2.58. The minimum absolute atomic E-state index is 0.120. The van der Waals surface area contributed by atoms with Crippen LogP contribution in [0.5, 0.6) is 0 Å². The lowest BCUT2D eigenvalue weighted by Crippen LogP contribution is -2.36. The summed E-state index contributed by atoms with van der Waals surface area (Å²) in [6.45, 7) is 2.61. The molecule has 6 heteroatoms. The van der Waals surface area contributed by atoms with E-state index < -0.39 is 5.82 Å². The maximum Gasteiger partial charge on any atom is 0.224 e. The number of hydrogen-bond acceptors (Lipinski definition) is 4. The number of amides is 1. The largest absolute Gasteiger partial charge is 0.397 e. The molecule has 1 saturated heterocycles. The van der Waals surface area contributed by atoms with Gasteiger partial charge in [-0.3, -0.25) is 4.79 Å². The van der Waals surface area contributed by atoms with Crippen LogP contribution in [-0.2, 0) is 4.79 Å². The second-order valence-corrected chi connectivity index (χ2v) is 5.46. The lowest BCUT2D eigenvalue weighted by molar-refractivity contribution is -0.116. The number of benzene rings is 1. The fourth-order valence-corrected chi connectivity index (χ4v) is 2.47. The predicted molar refractivity (Wildman–Crippen MR) is 80.4 cm³/mol. The predicted octanol–water partition coefficient (Wildman–Crippen LogP) is 1.58. The summed E-state index contributed by atoms with van der Waals surface area (Å²) in [5.74, 6) is -0.539. The zero-order valence-corrected chi connectivity index (χ0v) is 12.0. The fourth-order valence-electron chi connectivity index (χ4n) is 2.47. The second kappa shape index (κ2) is 7.38. The van der Waals surface area contributed by atoms with Gasteiger partial charge in [-0.1, -0.05) is 0 Å². The van der Waals surface area contributed by atoms with Gasteiger partial charge in [-0.25, -0.2) is 4.39 Å². The van der Waals surface area contributed by atoms with Gasteiger partial charge in [0, 0.05) is 19.5 Å². The van der Waals surface area contributed by atoms with Gasteiger partial charge in [0.05, 0.1) is 17.5 Å². The highest BCUT2D eigenvalue weighted by molar-refractivity contribution is 5.93.